The van der Waals surface area contributed by atoms with Crippen molar-refractivity contribution in [3.63, 3.8) is 0 Å². The van der Waals surface area contributed by atoms with Crippen molar-refractivity contribution in [1.29, 1.82) is 0 Å². The van der Waals surface area contributed by atoms with Crippen molar-refractivity contribution in [1.82, 2.24) is 4.90 Å². The highest BCUT2D eigenvalue weighted by Crippen LogP contribution is 2.19. The number of anilines is 1. The molecule has 2 N–H and O–H groups in total. The lowest BCUT2D eigenvalue weighted by atomic mass is 10.2. The Hall–Kier alpha value is -1.55. The van der Waals surface area contributed by atoms with Crippen LogP contribution in [-0.2, 0) is 6.54 Å². The summed E-state index contributed by atoms with van der Waals surface area (Å²) in [6.45, 7) is 4.51. The van der Waals surface area contributed by atoms with E-state index in [1.54, 1.807) is 23.9 Å². The van der Waals surface area contributed by atoms with Gasteiger partial charge in [0.1, 0.15) is 0 Å². The minimum Gasteiger partial charge on any atom is -0.330 e. The molecule has 0 aliphatic carbocycles. The second kappa shape index (κ2) is 5.68. The predicted octanol–water partition coefficient (Wildman–Crippen LogP) is 2.04. The maximum absolute atomic E-state index is 12.1. The van der Waals surface area contributed by atoms with Gasteiger partial charge in [-0.2, -0.15) is 0 Å². The first-order valence-electron chi connectivity index (χ1n) is 5.77. The fraction of sp³-hybridized carbons (Fsp3) is 0.462. The minimum atomic E-state index is -0.0134. The number of amides is 2. The van der Waals surface area contributed by atoms with Gasteiger partial charge in [0.25, 0.3) is 0 Å². The maximum Gasteiger partial charge on any atom is 0.324 e. The van der Waals surface area contributed by atoms with Gasteiger partial charge in [-0.05, 0) is 31.5 Å². The van der Waals surface area contributed by atoms with Crippen LogP contribution in [0.4, 0.5) is 10.5 Å². The quantitative estimate of drug-likeness (QED) is 0.871. The van der Waals surface area contributed by atoms with Crippen LogP contribution in [0.15, 0.2) is 24.3 Å². The first-order valence-corrected chi connectivity index (χ1v) is 5.77. The van der Waals surface area contributed by atoms with Crippen molar-refractivity contribution in [3.8, 4) is 0 Å². The lowest BCUT2D eigenvalue weighted by Gasteiger charge is -2.29. The summed E-state index contributed by atoms with van der Waals surface area (Å²) < 4.78 is 0. The molecule has 4 heteroatoms. The van der Waals surface area contributed by atoms with Gasteiger partial charge in [0.15, 0.2) is 0 Å². The molecule has 0 spiro atoms. The molecule has 0 aliphatic rings. The van der Waals surface area contributed by atoms with Crippen molar-refractivity contribution in [2.45, 2.75) is 26.4 Å². The van der Waals surface area contributed by atoms with Crippen LogP contribution in [0.5, 0.6) is 0 Å². The SMILES string of the molecule is CC(C)N(C(=O)N(C)C)c1ccc(CN)cc1. The zero-order chi connectivity index (χ0) is 13.0. The summed E-state index contributed by atoms with van der Waals surface area (Å²) in [5, 5.41) is 0. The molecule has 4 nitrogen and oxygen atoms in total. The summed E-state index contributed by atoms with van der Waals surface area (Å²) >= 11 is 0. The molecule has 1 rings (SSSR count). The van der Waals surface area contributed by atoms with Crippen LogP contribution in [0.25, 0.3) is 0 Å². The van der Waals surface area contributed by atoms with Gasteiger partial charge in [-0.25, -0.2) is 4.79 Å². The van der Waals surface area contributed by atoms with E-state index in [1.807, 2.05) is 38.1 Å². The number of hydrogen-bond donors (Lipinski definition) is 1. The van der Waals surface area contributed by atoms with E-state index in [4.69, 9.17) is 5.73 Å². The molecule has 0 fully saturated rings. The van der Waals surface area contributed by atoms with Crippen LogP contribution in [0.1, 0.15) is 19.4 Å². The first kappa shape index (κ1) is 13.5. The average Bonchev–Trinajstić information content (AvgIpc) is 2.29. The summed E-state index contributed by atoms with van der Waals surface area (Å²) in [7, 11) is 3.51. The van der Waals surface area contributed by atoms with E-state index in [9.17, 15) is 4.79 Å². The second-order valence-corrected chi connectivity index (χ2v) is 4.51. The van der Waals surface area contributed by atoms with Crippen LogP contribution in [0.2, 0.25) is 0 Å². The zero-order valence-electron chi connectivity index (χ0n) is 11.0. The Kier molecular flexibility index (Phi) is 4.52. The van der Waals surface area contributed by atoms with E-state index in [-0.39, 0.29) is 12.1 Å². The number of hydrogen-bond acceptors (Lipinski definition) is 2. The molecule has 0 bridgehead atoms. The van der Waals surface area contributed by atoms with Crippen molar-refractivity contribution < 1.29 is 4.79 Å². The van der Waals surface area contributed by atoms with Crippen molar-refractivity contribution in [2.24, 2.45) is 5.73 Å². The number of nitrogens with zero attached hydrogens (tertiary/aromatic N) is 2. The van der Waals surface area contributed by atoms with Gasteiger partial charge < -0.3 is 10.6 Å². The highest BCUT2D eigenvalue weighted by Gasteiger charge is 2.20. The average molecular weight is 235 g/mol. The van der Waals surface area contributed by atoms with Crippen LogP contribution < -0.4 is 10.6 Å². The van der Waals surface area contributed by atoms with Gasteiger partial charge in [-0.3, -0.25) is 4.90 Å². The number of rotatable bonds is 3. The monoisotopic (exact) mass is 235 g/mol. The van der Waals surface area contributed by atoms with Crippen molar-refractivity contribution in [2.75, 3.05) is 19.0 Å². The fourth-order valence-electron chi connectivity index (χ4n) is 1.64. The molecule has 0 aromatic heterocycles. The highest BCUT2D eigenvalue weighted by atomic mass is 16.2. The third kappa shape index (κ3) is 3.20. The highest BCUT2D eigenvalue weighted by molar-refractivity contribution is 5.92. The first-order chi connectivity index (χ1) is 7.97. The molecule has 1 aromatic carbocycles. The molecule has 2 amide bonds. The molecular weight excluding hydrogens is 214 g/mol. The third-order valence-corrected chi connectivity index (χ3v) is 2.56. The second-order valence-electron chi connectivity index (χ2n) is 4.51. The Morgan fingerprint density at radius 3 is 2.12 bits per heavy atom. The molecule has 0 unspecified atom stereocenters. The summed E-state index contributed by atoms with van der Waals surface area (Å²) in [6.07, 6.45) is 0. The van der Waals surface area contributed by atoms with Gasteiger partial charge in [0.05, 0.1) is 0 Å². The largest absolute Gasteiger partial charge is 0.330 e. The van der Waals surface area contributed by atoms with E-state index in [1.165, 1.54) is 0 Å². The summed E-state index contributed by atoms with van der Waals surface area (Å²) in [4.78, 5) is 15.4. The molecule has 0 heterocycles. The molecule has 0 saturated heterocycles. The number of benzene rings is 1. The van der Waals surface area contributed by atoms with Gasteiger partial charge in [-0.15, -0.1) is 0 Å². The number of carbonyl (C=O) groups is 1. The summed E-state index contributed by atoms with van der Waals surface area (Å²) in [6, 6.07) is 7.88. The normalized spacial score (nSPS) is 10.5. The Balaban J connectivity index is 3.01. The van der Waals surface area contributed by atoms with E-state index < -0.39 is 0 Å². The predicted molar refractivity (Wildman–Crippen MR) is 71.0 cm³/mol. The van der Waals surface area contributed by atoms with Crippen LogP contribution in [0, 0.1) is 0 Å². The number of urea groups is 1. The van der Waals surface area contributed by atoms with E-state index in [0.29, 0.717) is 6.54 Å². The Morgan fingerprint density at radius 1 is 1.24 bits per heavy atom. The molecule has 0 saturated carbocycles. The fourth-order valence-corrected chi connectivity index (χ4v) is 1.64. The smallest absolute Gasteiger partial charge is 0.324 e. The van der Waals surface area contributed by atoms with Crippen LogP contribution >= 0.6 is 0 Å². The molecule has 0 atom stereocenters. The van der Waals surface area contributed by atoms with Gasteiger partial charge >= 0.3 is 6.03 Å². The number of nitrogens with two attached hydrogens (primary N) is 1. The summed E-state index contributed by atoms with van der Waals surface area (Å²) in [5.41, 5.74) is 7.52. The molecule has 17 heavy (non-hydrogen) atoms. The van der Waals surface area contributed by atoms with Crippen LogP contribution in [0.3, 0.4) is 0 Å². The van der Waals surface area contributed by atoms with Gasteiger partial charge in [-0.1, -0.05) is 12.1 Å². The Bertz CT molecular complexity index is 371. The molecular formula is C13H21N3O. The lowest BCUT2D eigenvalue weighted by Crippen LogP contribution is -2.43. The van der Waals surface area contributed by atoms with E-state index >= 15 is 0 Å². The van der Waals surface area contributed by atoms with E-state index in [2.05, 4.69) is 0 Å². The minimum absolute atomic E-state index is 0.0134. The Labute approximate surface area is 103 Å². The third-order valence-electron chi connectivity index (χ3n) is 2.56. The van der Waals surface area contributed by atoms with Crippen LogP contribution in [-0.4, -0.2) is 31.1 Å². The van der Waals surface area contributed by atoms with Gasteiger partial charge in [0.2, 0.25) is 0 Å². The molecule has 1 aromatic rings. The lowest BCUT2D eigenvalue weighted by molar-refractivity contribution is 0.222. The topological polar surface area (TPSA) is 49.6 Å². The molecule has 0 radical (unpaired) electrons. The summed E-state index contributed by atoms with van der Waals surface area (Å²) in [5.74, 6) is 0. The van der Waals surface area contributed by atoms with Crippen molar-refractivity contribution in [3.05, 3.63) is 29.8 Å². The molecule has 94 valence electrons. The maximum atomic E-state index is 12.1. The number of carbonyl (C=O) groups excluding carboxylic acids is 1. The Morgan fingerprint density at radius 2 is 1.76 bits per heavy atom. The van der Waals surface area contributed by atoms with Crippen molar-refractivity contribution >= 4 is 11.7 Å². The molecule has 0 aliphatic heterocycles. The standard InChI is InChI=1S/C13H21N3O/c1-10(2)16(13(17)15(3)4)12-7-5-11(9-14)6-8-12/h5-8,10H,9,14H2,1-4H3. The zero-order valence-corrected chi connectivity index (χ0v) is 11.0. The van der Waals surface area contributed by atoms with E-state index in [0.717, 1.165) is 11.3 Å². The van der Waals surface area contributed by atoms with Gasteiger partial charge in [0, 0.05) is 32.4 Å².